The van der Waals surface area contributed by atoms with E-state index in [0.717, 1.165) is 44.9 Å². The molecule has 336 valence electrons. The van der Waals surface area contributed by atoms with Gasteiger partial charge in [0.25, 0.3) is 0 Å². The third-order valence-corrected chi connectivity index (χ3v) is 11.5. The molecule has 1 N–H and O–H groups in total. The second kappa shape index (κ2) is 44.1. The molecule has 9 heteroatoms. The molecule has 0 aromatic heterocycles. The highest BCUT2D eigenvalue weighted by molar-refractivity contribution is 7.47. The van der Waals surface area contributed by atoms with Gasteiger partial charge in [-0.05, 0) is 71.1 Å². The van der Waals surface area contributed by atoms with Crippen LogP contribution in [0, 0.1) is 0 Å². The van der Waals surface area contributed by atoms with Gasteiger partial charge in [-0.25, -0.2) is 4.57 Å². The van der Waals surface area contributed by atoms with Crippen LogP contribution in [0.25, 0.3) is 0 Å². The minimum absolute atomic E-state index is 0.000298. The minimum atomic E-state index is -4.28. The second-order valence-electron chi connectivity index (χ2n) is 16.1. The molecule has 0 heterocycles. The van der Waals surface area contributed by atoms with Crippen LogP contribution in [0.3, 0.4) is 0 Å². The summed E-state index contributed by atoms with van der Waals surface area (Å²) >= 11 is 0. The average Bonchev–Trinajstić information content (AvgIpc) is 3.19. The lowest BCUT2D eigenvalue weighted by atomic mass is 10.1. The number of carbonyl (C=O) groups excluding carboxylic acids is 2. The topological polar surface area (TPSA) is 108 Å². The van der Waals surface area contributed by atoms with E-state index in [9.17, 15) is 19.0 Å². The van der Waals surface area contributed by atoms with E-state index in [2.05, 4.69) is 38.2 Å². The fourth-order valence-electron chi connectivity index (χ4n) is 6.91. The molecule has 0 aliphatic rings. The Hall–Kier alpha value is -1.47. The van der Waals surface area contributed by atoms with Gasteiger partial charge in [-0.15, -0.1) is 0 Å². The number of ether oxygens (including phenoxy) is 2. The molecule has 0 amide bonds. The molecule has 0 spiro atoms. The molecule has 0 aromatic carbocycles. The van der Waals surface area contributed by atoms with Crippen LogP contribution in [0.5, 0.6) is 0 Å². The highest BCUT2D eigenvalue weighted by Crippen LogP contribution is 2.43. The number of esters is 2. The third-order valence-electron chi connectivity index (χ3n) is 10.5. The lowest BCUT2D eigenvalue weighted by Gasteiger charge is -2.19. The smallest absolute Gasteiger partial charge is 0.462 e. The van der Waals surface area contributed by atoms with Crippen molar-refractivity contribution in [2.75, 3.05) is 19.8 Å². The highest BCUT2D eigenvalue weighted by atomic mass is 31.2. The van der Waals surface area contributed by atoms with Crippen LogP contribution >= 0.6 is 7.82 Å². The monoisotopic (exact) mass is 827 g/mol. The molecule has 0 rings (SSSR count). The van der Waals surface area contributed by atoms with Crippen molar-refractivity contribution in [3.8, 4) is 0 Å². The van der Waals surface area contributed by atoms with Gasteiger partial charge in [0.1, 0.15) is 6.61 Å². The third kappa shape index (κ3) is 43.9. The summed E-state index contributed by atoms with van der Waals surface area (Å²) in [6.07, 6.45) is 49.5. The number of hydrogen-bond donors (Lipinski definition) is 1. The molecule has 8 nitrogen and oxygen atoms in total. The van der Waals surface area contributed by atoms with E-state index in [-0.39, 0.29) is 32.0 Å². The van der Waals surface area contributed by atoms with Gasteiger partial charge in [0.2, 0.25) is 0 Å². The quantitative estimate of drug-likeness (QED) is 0.0280. The van der Waals surface area contributed by atoms with Crippen molar-refractivity contribution >= 4 is 19.8 Å². The number of rotatable bonds is 45. The summed E-state index contributed by atoms with van der Waals surface area (Å²) in [5, 5.41) is 0. The van der Waals surface area contributed by atoms with Crippen molar-refractivity contribution in [1.82, 2.24) is 0 Å². The summed E-state index contributed by atoms with van der Waals surface area (Å²) in [4.78, 5) is 34.8. The predicted octanol–water partition coefficient (Wildman–Crippen LogP) is 15.4. The number of carbonyl (C=O) groups is 2. The van der Waals surface area contributed by atoms with Gasteiger partial charge in [-0.2, -0.15) is 0 Å². The van der Waals surface area contributed by atoms with Crippen molar-refractivity contribution in [1.29, 1.82) is 0 Å². The van der Waals surface area contributed by atoms with Gasteiger partial charge in [-0.1, -0.05) is 186 Å². The number of unbranched alkanes of at least 4 members (excludes halogenated alkanes) is 29. The zero-order chi connectivity index (χ0) is 41.8. The van der Waals surface area contributed by atoms with Crippen LogP contribution in [0.4, 0.5) is 0 Å². The van der Waals surface area contributed by atoms with Crippen molar-refractivity contribution < 1.29 is 37.6 Å². The fraction of sp³-hybridized carbons (Fsp3) is 0.875. The maximum absolute atomic E-state index is 12.6. The lowest BCUT2D eigenvalue weighted by Crippen LogP contribution is -2.29. The summed E-state index contributed by atoms with van der Waals surface area (Å²) in [5.41, 5.74) is 0. The van der Waals surface area contributed by atoms with E-state index in [4.69, 9.17) is 18.5 Å². The van der Waals surface area contributed by atoms with Gasteiger partial charge in [0.15, 0.2) is 6.10 Å². The van der Waals surface area contributed by atoms with Crippen LogP contribution < -0.4 is 0 Å². The summed E-state index contributed by atoms with van der Waals surface area (Å²) in [6.45, 7) is 5.50. The van der Waals surface area contributed by atoms with E-state index in [1.165, 1.54) is 161 Å². The van der Waals surface area contributed by atoms with Gasteiger partial charge in [0, 0.05) is 12.8 Å². The number of phosphoric ester groups is 1. The standard InChI is InChI=1S/C48H91O8P/c1-4-7-9-11-13-15-17-19-21-23-24-25-26-27-29-31-33-35-37-39-41-43-48(50)56-46(45-55-57(51,52)54-6-3)44-53-47(49)42-40-38-36-34-32-30-28-22-20-18-16-14-12-10-8-5-2/h22-24,28,46H,4-21,25-27,29-45H2,1-3H3,(H,51,52)/b24-23-,28-22-. The normalized spacial score (nSPS) is 13.4. The Morgan fingerprint density at radius 2 is 0.789 bits per heavy atom. The van der Waals surface area contributed by atoms with Crippen LogP contribution in [-0.2, 0) is 32.7 Å². The Morgan fingerprint density at radius 3 is 1.16 bits per heavy atom. The fourth-order valence-corrected chi connectivity index (χ4v) is 7.67. The molecule has 0 saturated heterocycles. The van der Waals surface area contributed by atoms with Gasteiger partial charge in [0.05, 0.1) is 13.2 Å². The minimum Gasteiger partial charge on any atom is -0.462 e. The van der Waals surface area contributed by atoms with E-state index < -0.39 is 26.5 Å². The van der Waals surface area contributed by atoms with Crippen molar-refractivity contribution in [2.45, 2.75) is 252 Å². The Bertz CT molecular complexity index is 983. The highest BCUT2D eigenvalue weighted by Gasteiger charge is 2.25. The molecule has 0 bridgehead atoms. The average molecular weight is 827 g/mol. The Labute approximate surface area is 352 Å². The SMILES string of the molecule is CCCCCCCCC/C=C\CCCCCCCC(=O)OCC(COP(=O)(O)OCC)OC(=O)CCCCCCCCCCC/C=C\CCCCCCCCCC. The van der Waals surface area contributed by atoms with Crippen LogP contribution in [0.15, 0.2) is 24.3 Å². The lowest BCUT2D eigenvalue weighted by molar-refractivity contribution is -0.161. The zero-order valence-electron chi connectivity index (χ0n) is 37.5. The van der Waals surface area contributed by atoms with Gasteiger partial charge >= 0.3 is 19.8 Å². The van der Waals surface area contributed by atoms with Crippen molar-refractivity contribution in [3.05, 3.63) is 24.3 Å². The summed E-state index contributed by atoms with van der Waals surface area (Å²) in [5.74, 6) is -0.800. The van der Waals surface area contributed by atoms with Crippen molar-refractivity contribution in [3.63, 3.8) is 0 Å². The first-order valence-corrected chi connectivity index (χ1v) is 25.6. The maximum Gasteiger partial charge on any atom is 0.472 e. The largest absolute Gasteiger partial charge is 0.472 e. The molecule has 2 unspecified atom stereocenters. The molecule has 0 aliphatic carbocycles. The van der Waals surface area contributed by atoms with E-state index >= 15 is 0 Å². The number of allylic oxidation sites excluding steroid dienone is 4. The number of phosphoric acid groups is 1. The Kier molecular flexibility index (Phi) is 43.0. The summed E-state index contributed by atoms with van der Waals surface area (Å²) in [6, 6.07) is 0. The molecular weight excluding hydrogens is 735 g/mol. The maximum atomic E-state index is 12.6. The molecule has 0 fully saturated rings. The van der Waals surface area contributed by atoms with Gasteiger partial charge in [-0.3, -0.25) is 18.6 Å². The molecule has 0 aliphatic heterocycles. The first-order chi connectivity index (χ1) is 27.8. The second-order valence-corrected chi connectivity index (χ2v) is 17.6. The Morgan fingerprint density at radius 1 is 0.456 bits per heavy atom. The first kappa shape index (κ1) is 55.5. The van der Waals surface area contributed by atoms with Crippen molar-refractivity contribution in [2.24, 2.45) is 0 Å². The summed E-state index contributed by atoms with van der Waals surface area (Å²) < 4.78 is 32.7. The van der Waals surface area contributed by atoms with Crippen LogP contribution in [0.2, 0.25) is 0 Å². The van der Waals surface area contributed by atoms with E-state index in [1.807, 2.05) is 0 Å². The predicted molar refractivity (Wildman–Crippen MR) is 239 cm³/mol. The Balaban J connectivity index is 4.01. The molecule has 0 radical (unpaired) electrons. The van der Waals surface area contributed by atoms with Gasteiger partial charge < -0.3 is 14.4 Å². The van der Waals surface area contributed by atoms with E-state index in [1.54, 1.807) is 6.92 Å². The van der Waals surface area contributed by atoms with Crippen LogP contribution in [-0.4, -0.2) is 42.8 Å². The molecule has 0 aromatic rings. The molecule has 2 atom stereocenters. The molecule has 57 heavy (non-hydrogen) atoms. The zero-order valence-corrected chi connectivity index (χ0v) is 38.4. The first-order valence-electron chi connectivity index (χ1n) is 24.1. The van der Waals surface area contributed by atoms with Crippen LogP contribution in [0.1, 0.15) is 245 Å². The molecular formula is C48H91O8P. The number of hydrogen-bond acceptors (Lipinski definition) is 7. The summed E-state index contributed by atoms with van der Waals surface area (Å²) in [7, 11) is -4.28. The van der Waals surface area contributed by atoms with E-state index in [0.29, 0.717) is 6.42 Å². The molecule has 0 saturated carbocycles.